The molecule has 1 saturated heterocycles. The summed E-state index contributed by atoms with van der Waals surface area (Å²) in [6.45, 7) is 6.73. The summed E-state index contributed by atoms with van der Waals surface area (Å²) in [4.78, 5) is 31.2. The van der Waals surface area contributed by atoms with Gasteiger partial charge in [0, 0.05) is 32.2 Å². The molecule has 0 unspecified atom stereocenters. The maximum absolute atomic E-state index is 12.8. The topological polar surface area (TPSA) is 96.7 Å². The molecule has 0 bridgehead atoms. The number of para-hydroxylation sites is 1. The lowest BCUT2D eigenvalue weighted by atomic mass is 10.1. The van der Waals surface area contributed by atoms with Crippen LogP contribution >= 0.6 is 0 Å². The Bertz CT molecular complexity index is 875. The molecule has 0 radical (unpaired) electrons. The van der Waals surface area contributed by atoms with E-state index in [-0.39, 0.29) is 18.4 Å². The van der Waals surface area contributed by atoms with Gasteiger partial charge in [0.15, 0.2) is 5.82 Å². The second-order valence-electron chi connectivity index (χ2n) is 7.63. The molecule has 0 atom stereocenters. The largest absolute Gasteiger partial charge is 0.496 e. The highest BCUT2D eigenvalue weighted by atomic mass is 16.5. The Labute approximate surface area is 176 Å². The normalized spacial score (nSPS) is 14.5. The molecule has 1 aliphatic heterocycles. The molecule has 3 rings (SSSR count). The second kappa shape index (κ2) is 9.66. The van der Waals surface area contributed by atoms with Gasteiger partial charge in [0.25, 0.3) is 5.91 Å². The van der Waals surface area contributed by atoms with Gasteiger partial charge >= 0.3 is 0 Å². The Morgan fingerprint density at radius 2 is 1.80 bits per heavy atom. The van der Waals surface area contributed by atoms with Gasteiger partial charge in [-0.15, -0.1) is 5.10 Å². The lowest BCUT2D eigenvalue weighted by Crippen LogP contribution is -2.51. The molecule has 10 heteroatoms. The molecule has 2 aromatic rings. The van der Waals surface area contributed by atoms with Crippen molar-refractivity contribution in [1.29, 1.82) is 0 Å². The number of methoxy groups -OCH3 is 1. The fourth-order valence-electron chi connectivity index (χ4n) is 3.24. The van der Waals surface area contributed by atoms with Crippen molar-refractivity contribution in [2.24, 2.45) is 0 Å². The number of hydrogen-bond donors (Lipinski definition) is 0. The molecule has 1 aliphatic rings. The van der Waals surface area contributed by atoms with Crippen LogP contribution in [0.2, 0.25) is 0 Å². The van der Waals surface area contributed by atoms with Crippen LogP contribution in [-0.2, 0) is 17.9 Å². The minimum Gasteiger partial charge on any atom is -0.496 e. The monoisotopic (exact) mass is 415 g/mol. The number of carbonyl (C=O) groups is 2. The molecule has 30 heavy (non-hydrogen) atoms. The van der Waals surface area contributed by atoms with Crippen LogP contribution in [-0.4, -0.2) is 93.1 Å². The number of hydrogen-bond acceptors (Lipinski definition) is 7. The Kier molecular flexibility index (Phi) is 6.99. The van der Waals surface area contributed by atoms with Crippen molar-refractivity contribution in [1.82, 2.24) is 34.9 Å². The van der Waals surface area contributed by atoms with Gasteiger partial charge in [-0.05, 0) is 43.5 Å². The van der Waals surface area contributed by atoms with Crippen LogP contribution in [0.15, 0.2) is 24.3 Å². The predicted octanol–water partition coefficient (Wildman–Crippen LogP) is 0.507. The number of amides is 2. The Hall–Kier alpha value is -3.01. The number of benzene rings is 1. The summed E-state index contributed by atoms with van der Waals surface area (Å²) >= 11 is 0. The maximum Gasteiger partial charge on any atom is 0.257 e. The molecule has 1 fully saturated rings. The van der Waals surface area contributed by atoms with Crippen molar-refractivity contribution < 1.29 is 14.3 Å². The van der Waals surface area contributed by atoms with Crippen LogP contribution < -0.4 is 4.74 Å². The molecule has 10 nitrogen and oxygen atoms in total. The zero-order valence-corrected chi connectivity index (χ0v) is 18.0. The highest BCUT2D eigenvalue weighted by Gasteiger charge is 2.27. The minimum atomic E-state index is -0.0842. The van der Waals surface area contributed by atoms with Crippen LogP contribution in [0.1, 0.15) is 30.0 Å². The van der Waals surface area contributed by atoms with Crippen molar-refractivity contribution in [2.75, 3.05) is 40.3 Å². The van der Waals surface area contributed by atoms with Gasteiger partial charge < -0.3 is 14.5 Å². The minimum absolute atomic E-state index is 0.0554. The van der Waals surface area contributed by atoms with Crippen molar-refractivity contribution in [2.45, 2.75) is 33.0 Å². The van der Waals surface area contributed by atoms with E-state index in [0.717, 1.165) is 0 Å². The van der Waals surface area contributed by atoms with Crippen LogP contribution in [0.3, 0.4) is 0 Å². The van der Waals surface area contributed by atoms with E-state index in [1.807, 2.05) is 19.2 Å². The number of piperazine rings is 1. The summed E-state index contributed by atoms with van der Waals surface area (Å²) in [7, 11) is 3.54. The first-order valence-electron chi connectivity index (χ1n) is 10.1. The van der Waals surface area contributed by atoms with E-state index in [4.69, 9.17) is 4.74 Å². The number of ether oxygens (including phenoxy) is 1. The van der Waals surface area contributed by atoms with Crippen LogP contribution in [0, 0.1) is 0 Å². The third-order valence-corrected chi connectivity index (χ3v) is 5.42. The lowest BCUT2D eigenvalue weighted by Gasteiger charge is -2.35. The zero-order chi connectivity index (χ0) is 21.7. The van der Waals surface area contributed by atoms with E-state index in [9.17, 15) is 9.59 Å². The van der Waals surface area contributed by atoms with Crippen molar-refractivity contribution >= 4 is 11.8 Å². The lowest BCUT2D eigenvalue weighted by molar-refractivity contribution is -0.133. The number of tetrazole rings is 1. The average molecular weight is 415 g/mol. The van der Waals surface area contributed by atoms with Crippen LogP contribution in [0.4, 0.5) is 0 Å². The molecule has 1 aromatic carbocycles. The van der Waals surface area contributed by atoms with Gasteiger partial charge in [0.05, 0.1) is 19.2 Å². The summed E-state index contributed by atoms with van der Waals surface area (Å²) in [5.74, 6) is 1.07. The number of nitrogens with zero attached hydrogens (tertiary/aromatic N) is 7. The van der Waals surface area contributed by atoms with Crippen LogP contribution in [0.5, 0.6) is 5.75 Å². The second-order valence-corrected chi connectivity index (χ2v) is 7.63. The summed E-state index contributed by atoms with van der Waals surface area (Å²) in [6, 6.07) is 7.52. The molecular weight excluding hydrogens is 386 g/mol. The van der Waals surface area contributed by atoms with Gasteiger partial charge in [-0.2, -0.15) is 0 Å². The van der Waals surface area contributed by atoms with Crippen molar-refractivity contribution in [3.8, 4) is 5.75 Å². The zero-order valence-electron chi connectivity index (χ0n) is 18.0. The van der Waals surface area contributed by atoms with Gasteiger partial charge in [-0.25, -0.2) is 4.68 Å². The van der Waals surface area contributed by atoms with E-state index < -0.39 is 0 Å². The fraction of sp³-hybridized carbons (Fsp3) is 0.550. The standard InChI is InChI=1S/C20H29N7O3/c1-15(2)24(3)13-18-21-22-23-27(18)14-19(28)25-9-11-26(12-10-25)20(29)16-7-5-6-8-17(16)30-4/h5-8,15H,9-14H2,1-4H3. The molecule has 1 aromatic heterocycles. The summed E-state index contributed by atoms with van der Waals surface area (Å²) < 4.78 is 6.84. The van der Waals surface area contributed by atoms with Crippen LogP contribution in [0.25, 0.3) is 0 Å². The number of carbonyl (C=O) groups excluding carboxylic acids is 2. The van der Waals surface area contributed by atoms with Gasteiger partial charge in [0.1, 0.15) is 12.3 Å². The molecule has 2 heterocycles. The van der Waals surface area contributed by atoms with Gasteiger partial charge in [0.2, 0.25) is 5.91 Å². The quantitative estimate of drug-likeness (QED) is 0.650. The van der Waals surface area contributed by atoms with Gasteiger partial charge in [-0.1, -0.05) is 12.1 Å². The summed E-state index contributed by atoms with van der Waals surface area (Å²) in [5, 5.41) is 11.7. The molecule has 0 N–H and O–H groups in total. The molecule has 0 spiro atoms. The predicted molar refractivity (Wildman–Crippen MR) is 110 cm³/mol. The third-order valence-electron chi connectivity index (χ3n) is 5.42. The highest BCUT2D eigenvalue weighted by Crippen LogP contribution is 2.20. The summed E-state index contributed by atoms with van der Waals surface area (Å²) in [5.41, 5.74) is 0.535. The summed E-state index contributed by atoms with van der Waals surface area (Å²) in [6.07, 6.45) is 0. The maximum atomic E-state index is 12.8. The van der Waals surface area contributed by atoms with E-state index in [1.165, 1.54) is 0 Å². The molecule has 0 aliphatic carbocycles. The SMILES string of the molecule is COc1ccccc1C(=O)N1CCN(C(=O)Cn2nnnc2CN(C)C(C)C)CC1. The first kappa shape index (κ1) is 21.7. The highest BCUT2D eigenvalue weighted by molar-refractivity contribution is 5.97. The average Bonchev–Trinajstić information content (AvgIpc) is 3.19. The van der Waals surface area contributed by atoms with Crippen molar-refractivity contribution in [3.63, 3.8) is 0 Å². The Morgan fingerprint density at radius 1 is 1.13 bits per heavy atom. The fourth-order valence-corrected chi connectivity index (χ4v) is 3.24. The first-order valence-corrected chi connectivity index (χ1v) is 10.1. The smallest absolute Gasteiger partial charge is 0.257 e. The molecule has 162 valence electrons. The molecule has 0 saturated carbocycles. The molecule has 2 amide bonds. The van der Waals surface area contributed by atoms with E-state index in [2.05, 4.69) is 34.3 Å². The number of aromatic nitrogens is 4. The van der Waals surface area contributed by atoms with E-state index in [1.54, 1.807) is 33.7 Å². The van der Waals surface area contributed by atoms with Crippen molar-refractivity contribution in [3.05, 3.63) is 35.7 Å². The molecular formula is C20H29N7O3. The number of rotatable bonds is 7. The first-order chi connectivity index (χ1) is 14.4. The Morgan fingerprint density at radius 3 is 2.47 bits per heavy atom. The van der Waals surface area contributed by atoms with E-state index in [0.29, 0.717) is 55.9 Å². The van der Waals surface area contributed by atoms with Gasteiger partial charge in [-0.3, -0.25) is 14.5 Å². The van der Waals surface area contributed by atoms with E-state index >= 15 is 0 Å². The Balaban J connectivity index is 1.56. The third kappa shape index (κ3) is 4.93.